The van der Waals surface area contributed by atoms with E-state index in [9.17, 15) is 15.3 Å². The lowest BCUT2D eigenvalue weighted by Gasteiger charge is -2.40. The van der Waals surface area contributed by atoms with Crippen molar-refractivity contribution >= 4 is 23.2 Å². The lowest BCUT2D eigenvalue weighted by Crippen LogP contribution is -2.58. The Hall–Kier alpha value is -0.400. The Bertz CT molecular complexity index is 511. The minimum Gasteiger partial charge on any atom is -0.394 e. The van der Waals surface area contributed by atoms with Gasteiger partial charge < -0.3 is 25.2 Å². The lowest BCUT2D eigenvalue weighted by atomic mass is 9.92. The Balaban J connectivity index is 1.81. The van der Waals surface area contributed by atoms with Crippen LogP contribution in [0.25, 0.3) is 0 Å². The molecule has 0 amide bonds. The van der Waals surface area contributed by atoms with Crippen LogP contribution in [0.2, 0.25) is 10.0 Å². The first-order valence-corrected chi connectivity index (χ1v) is 8.44. The average molecular weight is 365 g/mol. The topological polar surface area (TPSA) is 90.2 Å². The molecular weight excluding hydrogens is 343 g/mol. The van der Waals surface area contributed by atoms with E-state index in [2.05, 4.69) is 0 Å². The van der Waals surface area contributed by atoms with Crippen molar-refractivity contribution in [3.63, 3.8) is 0 Å². The smallest absolute Gasteiger partial charge is 0.111 e. The van der Waals surface area contributed by atoms with Crippen LogP contribution < -0.4 is 0 Å². The highest BCUT2D eigenvalue weighted by atomic mass is 35.5. The van der Waals surface area contributed by atoms with Gasteiger partial charge in [-0.3, -0.25) is 0 Å². The van der Waals surface area contributed by atoms with Crippen molar-refractivity contribution in [1.29, 1.82) is 0 Å². The quantitative estimate of drug-likeness (QED) is 0.575. The fourth-order valence-corrected chi connectivity index (χ4v) is 3.31. The highest BCUT2D eigenvalue weighted by molar-refractivity contribution is 6.35. The normalized spacial score (nSPS) is 31.3. The summed E-state index contributed by atoms with van der Waals surface area (Å²) in [4.78, 5) is 0. The van der Waals surface area contributed by atoms with Gasteiger partial charge in [0.15, 0.2) is 0 Å². The van der Waals surface area contributed by atoms with Gasteiger partial charge in [-0.1, -0.05) is 35.7 Å². The molecule has 2 rings (SSSR count). The standard InChI is InChI=1S/C16H22Cl2O5/c17-10-6-5-9(11(18)7-10)3-1-2-4-12-14(20)16(22)15(21)13(8-19)23-12/h5-7,12-16,19-22H,1-4,8H2/t12?,13-,14+,15-,16-/m1/s1. The summed E-state index contributed by atoms with van der Waals surface area (Å²) in [7, 11) is 0. The SMILES string of the molecule is OC[C@H]1OC(CCCCc2ccc(Cl)cc2Cl)[C@H](O)[C@@H](O)[C@@H]1O. The third kappa shape index (κ3) is 4.79. The first-order chi connectivity index (χ1) is 10.9. The van der Waals surface area contributed by atoms with Gasteiger partial charge in [0.05, 0.1) is 12.7 Å². The zero-order valence-electron chi connectivity index (χ0n) is 12.6. The van der Waals surface area contributed by atoms with Crippen molar-refractivity contribution < 1.29 is 25.2 Å². The van der Waals surface area contributed by atoms with E-state index >= 15 is 0 Å². The molecule has 5 nitrogen and oxygen atoms in total. The summed E-state index contributed by atoms with van der Waals surface area (Å²) < 4.78 is 5.47. The minimum atomic E-state index is -1.31. The summed E-state index contributed by atoms with van der Waals surface area (Å²) in [6.07, 6.45) is -2.35. The van der Waals surface area contributed by atoms with Crippen molar-refractivity contribution in [3.8, 4) is 0 Å². The molecule has 1 aromatic carbocycles. The van der Waals surface area contributed by atoms with Gasteiger partial charge in [0, 0.05) is 10.0 Å². The number of unbranched alkanes of at least 4 members (excludes halogenated alkanes) is 1. The van der Waals surface area contributed by atoms with Crippen molar-refractivity contribution in [2.45, 2.75) is 56.2 Å². The predicted molar refractivity (Wildman–Crippen MR) is 87.8 cm³/mol. The Morgan fingerprint density at radius 1 is 0.957 bits per heavy atom. The van der Waals surface area contributed by atoms with Gasteiger partial charge in [0.25, 0.3) is 0 Å². The fourth-order valence-electron chi connectivity index (χ4n) is 2.80. The third-order valence-corrected chi connectivity index (χ3v) is 4.78. The van der Waals surface area contributed by atoms with Crippen molar-refractivity contribution in [2.24, 2.45) is 0 Å². The number of rotatable bonds is 6. The molecule has 1 fully saturated rings. The number of halogens is 2. The molecule has 7 heteroatoms. The first-order valence-electron chi connectivity index (χ1n) is 7.68. The molecule has 4 N–H and O–H groups in total. The van der Waals surface area contributed by atoms with Gasteiger partial charge in [-0.2, -0.15) is 0 Å². The maximum atomic E-state index is 9.96. The second-order valence-electron chi connectivity index (χ2n) is 5.85. The molecule has 1 aliphatic heterocycles. The summed E-state index contributed by atoms with van der Waals surface area (Å²) in [5.41, 5.74) is 1.00. The molecule has 1 unspecified atom stereocenters. The van der Waals surface area contributed by atoms with Gasteiger partial charge in [-0.15, -0.1) is 0 Å². The third-order valence-electron chi connectivity index (χ3n) is 4.19. The Morgan fingerprint density at radius 3 is 2.30 bits per heavy atom. The van der Waals surface area contributed by atoms with E-state index in [-0.39, 0.29) is 0 Å². The van der Waals surface area contributed by atoms with Gasteiger partial charge >= 0.3 is 0 Å². The Morgan fingerprint density at radius 2 is 1.65 bits per heavy atom. The number of aryl methyl sites for hydroxylation is 1. The molecule has 0 saturated carbocycles. The molecule has 0 radical (unpaired) electrons. The van der Waals surface area contributed by atoms with Gasteiger partial charge in [0.2, 0.25) is 0 Å². The van der Waals surface area contributed by atoms with Crippen LogP contribution in [0, 0.1) is 0 Å². The molecule has 23 heavy (non-hydrogen) atoms. The van der Waals surface area contributed by atoms with Crippen LogP contribution in [0.5, 0.6) is 0 Å². The lowest BCUT2D eigenvalue weighted by molar-refractivity contribution is -0.230. The molecule has 130 valence electrons. The van der Waals surface area contributed by atoms with E-state index in [1.165, 1.54) is 0 Å². The number of benzene rings is 1. The average Bonchev–Trinajstić information content (AvgIpc) is 2.53. The maximum absolute atomic E-state index is 9.96. The summed E-state index contributed by atoms with van der Waals surface area (Å²) in [5, 5.41) is 39.8. The monoisotopic (exact) mass is 364 g/mol. The maximum Gasteiger partial charge on any atom is 0.111 e. The Labute approximate surface area is 145 Å². The molecule has 0 aromatic heterocycles. The van der Waals surface area contributed by atoms with E-state index in [4.69, 9.17) is 33.0 Å². The van der Waals surface area contributed by atoms with E-state index < -0.39 is 37.1 Å². The van der Waals surface area contributed by atoms with Crippen molar-refractivity contribution in [1.82, 2.24) is 0 Å². The van der Waals surface area contributed by atoms with Crippen LogP contribution in [0.1, 0.15) is 24.8 Å². The molecule has 5 atom stereocenters. The Kier molecular flexibility index (Phi) is 7.10. The van der Waals surface area contributed by atoms with Crippen LogP contribution >= 0.6 is 23.2 Å². The second kappa shape index (κ2) is 8.62. The van der Waals surface area contributed by atoms with Crippen LogP contribution in [0.15, 0.2) is 18.2 Å². The number of ether oxygens (including phenoxy) is 1. The summed E-state index contributed by atoms with van der Waals surface area (Å²) in [6.45, 7) is -0.401. The number of hydrogen-bond donors (Lipinski definition) is 4. The molecule has 0 spiro atoms. The number of hydrogen-bond acceptors (Lipinski definition) is 5. The van der Waals surface area contributed by atoms with Gasteiger partial charge in [-0.25, -0.2) is 0 Å². The fraction of sp³-hybridized carbons (Fsp3) is 0.625. The predicted octanol–water partition coefficient (Wildman–Crippen LogP) is 1.55. The molecule has 0 bridgehead atoms. The highest BCUT2D eigenvalue weighted by Crippen LogP contribution is 2.26. The number of aliphatic hydroxyl groups is 4. The largest absolute Gasteiger partial charge is 0.394 e. The van der Waals surface area contributed by atoms with Crippen molar-refractivity contribution in [2.75, 3.05) is 6.61 Å². The first kappa shape index (κ1) is 18.9. The molecular formula is C16H22Cl2O5. The molecule has 0 aliphatic carbocycles. The van der Waals surface area contributed by atoms with Crippen LogP contribution in [-0.2, 0) is 11.2 Å². The van der Waals surface area contributed by atoms with Crippen LogP contribution in [0.4, 0.5) is 0 Å². The highest BCUT2D eigenvalue weighted by Gasteiger charge is 2.42. The van der Waals surface area contributed by atoms with E-state index in [0.717, 1.165) is 24.8 Å². The number of aliphatic hydroxyl groups excluding tert-OH is 4. The molecule has 1 aliphatic rings. The van der Waals surface area contributed by atoms with Crippen molar-refractivity contribution in [3.05, 3.63) is 33.8 Å². The zero-order valence-corrected chi connectivity index (χ0v) is 14.1. The van der Waals surface area contributed by atoms with Crippen LogP contribution in [0.3, 0.4) is 0 Å². The second-order valence-corrected chi connectivity index (χ2v) is 6.69. The van der Waals surface area contributed by atoms with Gasteiger partial charge in [-0.05, 0) is 37.0 Å². The minimum absolute atomic E-state index is 0.401. The van der Waals surface area contributed by atoms with Gasteiger partial charge in [0.1, 0.15) is 24.4 Å². The molecule has 1 aromatic rings. The summed E-state index contributed by atoms with van der Waals surface area (Å²) >= 11 is 12.0. The van der Waals surface area contributed by atoms with Crippen LogP contribution in [-0.4, -0.2) is 57.6 Å². The van der Waals surface area contributed by atoms with E-state index in [0.29, 0.717) is 16.5 Å². The summed E-state index contributed by atoms with van der Waals surface area (Å²) in [5.74, 6) is 0. The molecule has 1 saturated heterocycles. The summed E-state index contributed by atoms with van der Waals surface area (Å²) in [6, 6.07) is 5.38. The molecule has 1 heterocycles. The zero-order chi connectivity index (χ0) is 17.0. The van der Waals surface area contributed by atoms with E-state index in [1.54, 1.807) is 12.1 Å². The van der Waals surface area contributed by atoms with E-state index in [1.807, 2.05) is 6.07 Å².